The molecule has 278 valence electrons. The summed E-state index contributed by atoms with van der Waals surface area (Å²) in [6.45, 7) is 11.6. The van der Waals surface area contributed by atoms with Crippen LogP contribution in [0.3, 0.4) is 0 Å². The first-order valence-corrected chi connectivity index (χ1v) is 18.0. The molecule has 0 radical (unpaired) electrons. The highest BCUT2D eigenvalue weighted by Crippen LogP contribution is 2.48. The number of hydrogen-bond acceptors (Lipinski definition) is 10. The summed E-state index contributed by atoms with van der Waals surface area (Å²) < 4.78 is 21.8. The molecular formula is C35H58N4O10. The maximum atomic E-state index is 13.7. The maximum absolute atomic E-state index is 13.7. The lowest BCUT2D eigenvalue weighted by Crippen LogP contribution is -2.51. The average Bonchev–Trinajstić information content (AvgIpc) is 3.58. The van der Waals surface area contributed by atoms with Crippen molar-refractivity contribution in [1.82, 2.24) is 20.4 Å². The van der Waals surface area contributed by atoms with E-state index in [2.05, 4.69) is 26.4 Å². The van der Waals surface area contributed by atoms with Gasteiger partial charge in [-0.3, -0.25) is 19.4 Å². The highest BCUT2D eigenvalue weighted by molar-refractivity contribution is 5.94. The number of aliphatic carboxylic acids is 2. The monoisotopic (exact) mass is 694 g/mol. The van der Waals surface area contributed by atoms with Gasteiger partial charge in [-0.2, -0.15) is 0 Å². The van der Waals surface area contributed by atoms with E-state index in [-0.39, 0.29) is 18.6 Å². The smallest absolute Gasteiger partial charge is 0.329 e. The van der Waals surface area contributed by atoms with E-state index in [1.807, 2.05) is 13.8 Å². The highest BCUT2D eigenvalue weighted by Gasteiger charge is 2.62. The predicted octanol–water partition coefficient (Wildman–Crippen LogP) is 1.22. The van der Waals surface area contributed by atoms with Gasteiger partial charge < -0.3 is 39.8 Å². The minimum Gasteiger partial charge on any atom is -0.480 e. The van der Waals surface area contributed by atoms with E-state index in [0.29, 0.717) is 84.8 Å². The summed E-state index contributed by atoms with van der Waals surface area (Å²) in [5.41, 5.74) is -1.29. The van der Waals surface area contributed by atoms with Crippen LogP contribution in [0.15, 0.2) is 0 Å². The van der Waals surface area contributed by atoms with Gasteiger partial charge in [0, 0.05) is 38.8 Å². The zero-order valence-corrected chi connectivity index (χ0v) is 29.4. The van der Waals surface area contributed by atoms with Gasteiger partial charge in [-0.25, -0.2) is 9.59 Å². The second-order valence-electron chi connectivity index (χ2n) is 13.3. The number of ether oxygens (including phenoxy) is 4. The van der Waals surface area contributed by atoms with Crippen molar-refractivity contribution >= 4 is 23.8 Å². The van der Waals surface area contributed by atoms with Gasteiger partial charge in [0.25, 0.3) is 0 Å². The third-order valence-corrected chi connectivity index (χ3v) is 9.92. The van der Waals surface area contributed by atoms with Crippen LogP contribution in [0.1, 0.15) is 65.2 Å². The molecule has 0 aromatic heterocycles. The molecule has 1 saturated heterocycles. The number of carbonyl (C=O) groups is 4. The zero-order valence-electron chi connectivity index (χ0n) is 29.4. The molecule has 6 atom stereocenters. The third-order valence-electron chi connectivity index (χ3n) is 9.92. The highest BCUT2D eigenvalue weighted by atomic mass is 16.6. The lowest BCUT2D eigenvalue weighted by Gasteiger charge is -2.38. The second kappa shape index (κ2) is 21.4. The normalized spacial score (nSPS) is 26.1. The Bertz CT molecular complexity index is 1090. The number of terminal acetylenes is 1. The molecule has 1 heterocycles. The van der Waals surface area contributed by atoms with Crippen molar-refractivity contribution in [1.29, 1.82) is 0 Å². The Labute approximate surface area is 290 Å². The molecule has 0 bridgehead atoms. The van der Waals surface area contributed by atoms with Crippen LogP contribution in [-0.4, -0.2) is 147 Å². The molecule has 3 fully saturated rings. The molecule has 3 rings (SSSR count). The van der Waals surface area contributed by atoms with Gasteiger partial charge in [-0.05, 0) is 38.0 Å². The number of carboxylic acid groups (broad SMARTS) is 2. The van der Waals surface area contributed by atoms with E-state index >= 15 is 0 Å². The second-order valence-corrected chi connectivity index (χ2v) is 13.3. The van der Waals surface area contributed by atoms with Crippen molar-refractivity contribution in [3.63, 3.8) is 0 Å². The van der Waals surface area contributed by atoms with E-state index in [1.54, 1.807) is 0 Å². The Hall–Kier alpha value is -2.80. The number of carboxylic acids is 2. The molecule has 2 aliphatic carbocycles. The molecule has 49 heavy (non-hydrogen) atoms. The largest absolute Gasteiger partial charge is 0.480 e. The van der Waals surface area contributed by atoms with Crippen LogP contribution in [0, 0.1) is 30.1 Å². The summed E-state index contributed by atoms with van der Waals surface area (Å²) >= 11 is 0. The summed E-state index contributed by atoms with van der Waals surface area (Å²) in [7, 11) is 0. The van der Waals surface area contributed by atoms with Gasteiger partial charge in [-0.15, -0.1) is 6.42 Å². The first-order valence-electron chi connectivity index (χ1n) is 18.0. The van der Waals surface area contributed by atoms with Crippen molar-refractivity contribution < 1.29 is 48.3 Å². The SMILES string of the molecule is C#CCOCCOCCOCCOCCN1CCN(C2C[C@@H](C(=O)N[C@@H](CCCC)C(=O)O)[C@H](C(=O)NC3(C(=O)O)CC3CCC)C2)CC1. The molecule has 0 aromatic rings. The molecule has 0 aromatic carbocycles. The minimum absolute atomic E-state index is 0.0492. The molecule has 2 saturated carbocycles. The first-order chi connectivity index (χ1) is 23.7. The van der Waals surface area contributed by atoms with Gasteiger partial charge in [-0.1, -0.05) is 39.0 Å². The van der Waals surface area contributed by atoms with E-state index in [1.165, 1.54) is 0 Å². The van der Waals surface area contributed by atoms with Crippen molar-refractivity contribution in [2.45, 2.75) is 82.8 Å². The van der Waals surface area contributed by atoms with Crippen molar-refractivity contribution in [2.24, 2.45) is 17.8 Å². The molecule has 14 heteroatoms. The van der Waals surface area contributed by atoms with E-state index in [4.69, 9.17) is 25.4 Å². The fraction of sp³-hybridized carbons (Fsp3) is 0.829. The Morgan fingerprint density at radius 2 is 1.45 bits per heavy atom. The predicted molar refractivity (Wildman–Crippen MR) is 181 cm³/mol. The summed E-state index contributed by atoms with van der Waals surface area (Å²) in [5, 5.41) is 25.2. The molecular weight excluding hydrogens is 636 g/mol. The van der Waals surface area contributed by atoms with Crippen LogP contribution < -0.4 is 10.6 Å². The number of unbranched alkanes of at least 4 members (excludes halogenated alkanes) is 1. The third kappa shape index (κ3) is 12.8. The zero-order chi connectivity index (χ0) is 35.6. The van der Waals surface area contributed by atoms with Gasteiger partial charge in [0.15, 0.2) is 0 Å². The number of hydrogen-bond donors (Lipinski definition) is 4. The van der Waals surface area contributed by atoms with Gasteiger partial charge >= 0.3 is 11.9 Å². The molecule has 1 aliphatic heterocycles. The van der Waals surface area contributed by atoms with Crippen LogP contribution in [0.25, 0.3) is 0 Å². The minimum atomic E-state index is -1.29. The van der Waals surface area contributed by atoms with Crippen molar-refractivity contribution in [3.8, 4) is 12.3 Å². The molecule has 4 N–H and O–H groups in total. The summed E-state index contributed by atoms with van der Waals surface area (Å²) in [5.74, 6) is -2.23. The number of amides is 2. The molecule has 3 unspecified atom stereocenters. The van der Waals surface area contributed by atoms with Gasteiger partial charge in [0.05, 0.1) is 58.1 Å². The van der Waals surface area contributed by atoms with Gasteiger partial charge in [0.1, 0.15) is 18.2 Å². The number of nitrogens with zero attached hydrogens (tertiary/aromatic N) is 2. The van der Waals surface area contributed by atoms with E-state index in [9.17, 15) is 29.4 Å². The number of rotatable bonds is 25. The van der Waals surface area contributed by atoms with Crippen molar-refractivity contribution in [3.05, 3.63) is 0 Å². The summed E-state index contributed by atoms with van der Waals surface area (Å²) in [6.07, 6.45) is 9.59. The lowest BCUT2D eigenvalue weighted by atomic mass is 9.93. The molecule has 0 spiro atoms. The Kier molecular flexibility index (Phi) is 17.8. The van der Waals surface area contributed by atoms with Crippen LogP contribution in [0.5, 0.6) is 0 Å². The fourth-order valence-electron chi connectivity index (χ4n) is 6.98. The number of piperazine rings is 1. The topological polar surface area (TPSA) is 176 Å². The lowest BCUT2D eigenvalue weighted by molar-refractivity contribution is -0.146. The fourth-order valence-corrected chi connectivity index (χ4v) is 6.98. The number of carbonyl (C=O) groups excluding carboxylic acids is 2. The van der Waals surface area contributed by atoms with Crippen LogP contribution in [-0.2, 0) is 38.1 Å². The van der Waals surface area contributed by atoms with Crippen molar-refractivity contribution in [2.75, 3.05) is 85.6 Å². The van der Waals surface area contributed by atoms with E-state index < -0.39 is 47.2 Å². The Morgan fingerprint density at radius 3 is 2.00 bits per heavy atom. The summed E-state index contributed by atoms with van der Waals surface area (Å²) in [6, 6.07) is -1.08. The van der Waals surface area contributed by atoms with Gasteiger partial charge in [0.2, 0.25) is 11.8 Å². The van der Waals surface area contributed by atoms with Crippen LogP contribution in [0.4, 0.5) is 0 Å². The van der Waals surface area contributed by atoms with Crippen LogP contribution >= 0.6 is 0 Å². The maximum Gasteiger partial charge on any atom is 0.329 e. The quantitative estimate of drug-likeness (QED) is 0.0796. The number of nitrogens with one attached hydrogen (secondary N) is 2. The first kappa shape index (κ1) is 40.6. The van der Waals surface area contributed by atoms with E-state index in [0.717, 1.165) is 45.6 Å². The Balaban J connectivity index is 1.46. The van der Waals surface area contributed by atoms with Crippen LogP contribution in [0.2, 0.25) is 0 Å². The Morgan fingerprint density at radius 1 is 0.857 bits per heavy atom. The molecule has 2 amide bonds. The molecule has 14 nitrogen and oxygen atoms in total. The molecule has 3 aliphatic rings. The standard InChI is InChI=1S/C35H58N4O10/c1-4-7-9-30(33(42)43)36-31(40)28-23-27(24-29(28)32(41)37-35(34(44)45)25-26(35)8-5-2)39-12-10-38(11-13-39)14-16-47-18-20-49-22-21-48-19-17-46-15-6-3/h3,26-30H,4-5,7-25H2,1-2H3,(H,36,40)(H,37,41)(H,42,43)(H,44,45)/t26?,27?,28-,29-,30+,35?/m1/s1. The average molecular weight is 695 g/mol. The summed E-state index contributed by atoms with van der Waals surface area (Å²) in [4.78, 5) is 56.0.